The molecule has 0 aromatic carbocycles. The van der Waals surface area contributed by atoms with Crippen LogP contribution in [0, 0.1) is 0 Å². The van der Waals surface area contributed by atoms with Crippen LogP contribution in [0.15, 0.2) is 12.2 Å². The van der Waals surface area contributed by atoms with Gasteiger partial charge in [0.25, 0.3) is 10.1 Å². The molecule has 4 N–H and O–H groups in total. The Labute approximate surface area is 304 Å². The van der Waals surface area contributed by atoms with Crippen molar-refractivity contribution in [1.29, 1.82) is 0 Å². The van der Waals surface area contributed by atoms with Crippen LogP contribution in [0.3, 0.4) is 0 Å². The van der Waals surface area contributed by atoms with E-state index >= 15 is 0 Å². The second-order valence-electron chi connectivity index (χ2n) is 14.8. The highest BCUT2D eigenvalue weighted by Crippen LogP contribution is 2.16. The highest BCUT2D eigenvalue weighted by Gasteiger charge is 2.28. The second-order valence-corrected chi connectivity index (χ2v) is 16.3. The summed E-state index contributed by atoms with van der Waals surface area (Å²) in [7, 11) is -4.41. The average molecular weight is 716 g/mol. The molecule has 0 radical (unpaired) electrons. The molecule has 0 fully saturated rings. The fraction of sp³-hybridized carbons (Fsp3) is 0.927. The zero-order valence-corrected chi connectivity index (χ0v) is 33.0. The van der Waals surface area contributed by atoms with Gasteiger partial charge in [-0.3, -0.25) is 9.35 Å². The van der Waals surface area contributed by atoms with Gasteiger partial charge in [-0.25, -0.2) is 0 Å². The SMILES string of the molecule is CCCCCC/C=C\CCCCCCCCC(O)C(=O)NC(CS(=O)(=O)O)C(O)CCCCCCCCCCCCCCCCCCCC. The van der Waals surface area contributed by atoms with Gasteiger partial charge in [0.2, 0.25) is 5.91 Å². The van der Waals surface area contributed by atoms with E-state index in [0.717, 1.165) is 51.4 Å². The summed E-state index contributed by atoms with van der Waals surface area (Å²) >= 11 is 0. The molecule has 0 rings (SSSR count). The average Bonchev–Trinajstić information content (AvgIpc) is 3.06. The molecule has 0 aromatic heterocycles. The first kappa shape index (κ1) is 48.0. The molecule has 49 heavy (non-hydrogen) atoms. The molecule has 292 valence electrons. The van der Waals surface area contributed by atoms with Crippen LogP contribution in [-0.4, -0.2) is 53.1 Å². The number of aliphatic hydroxyl groups is 2. The monoisotopic (exact) mass is 716 g/mol. The van der Waals surface area contributed by atoms with E-state index in [1.165, 1.54) is 135 Å². The van der Waals surface area contributed by atoms with E-state index in [4.69, 9.17) is 0 Å². The quantitative estimate of drug-likeness (QED) is 0.0286. The predicted molar refractivity (Wildman–Crippen MR) is 209 cm³/mol. The molecule has 3 unspecified atom stereocenters. The Kier molecular flexibility index (Phi) is 34.7. The summed E-state index contributed by atoms with van der Waals surface area (Å²) in [6.45, 7) is 4.50. The van der Waals surface area contributed by atoms with Crippen LogP contribution < -0.4 is 5.32 Å². The summed E-state index contributed by atoms with van der Waals surface area (Å²) < 4.78 is 32.6. The summed E-state index contributed by atoms with van der Waals surface area (Å²) in [5, 5.41) is 23.5. The molecule has 0 saturated heterocycles. The third kappa shape index (κ3) is 35.2. The lowest BCUT2D eigenvalue weighted by atomic mass is 10.0. The summed E-state index contributed by atoms with van der Waals surface area (Å²) in [6.07, 6.45) is 39.4. The van der Waals surface area contributed by atoms with E-state index in [-0.39, 0.29) is 0 Å². The molecular formula is C41H81NO6S. The zero-order chi connectivity index (χ0) is 36.3. The Morgan fingerprint density at radius 3 is 1.24 bits per heavy atom. The number of amides is 1. The van der Waals surface area contributed by atoms with Crippen LogP contribution in [0.5, 0.6) is 0 Å². The molecule has 1 amide bonds. The molecule has 0 aliphatic heterocycles. The minimum atomic E-state index is -4.41. The van der Waals surface area contributed by atoms with Crippen molar-refractivity contribution in [2.75, 3.05) is 5.75 Å². The lowest BCUT2D eigenvalue weighted by Crippen LogP contribution is -2.50. The molecular weight excluding hydrogens is 635 g/mol. The summed E-state index contributed by atoms with van der Waals surface area (Å²) in [5.74, 6) is -1.45. The first-order valence-electron chi connectivity index (χ1n) is 21.0. The van der Waals surface area contributed by atoms with Gasteiger partial charge >= 0.3 is 0 Å². The molecule has 0 saturated carbocycles. The van der Waals surface area contributed by atoms with Gasteiger partial charge in [0.05, 0.1) is 17.9 Å². The maximum absolute atomic E-state index is 12.6. The van der Waals surface area contributed by atoms with Crippen molar-refractivity contribution >= 4 is 16.0 Å². The predicted octanol–water partition coefficient (Wildman–Crippen LogP) is 11.2. The molecule has 0 bridgehead atoms. The molecule has 0 aromatic rings. The first-order chi connectivity index (χ1) is 23.7. The maximum Gasteiger partial charge on any atom is 0.266 e. The number of allylic oxidation sites excluding steroid dienone is 2. The van der Waals surface area contributed by atoms with Crippen LogP contribution in [0.4, 0.5) is 0 Å². The van der Waals surface area contributed by atoms with E-state index in [1.54, 1.807) is 0 Å². The van der Waals surface area contributed by atoms with Gasteiger partial charge in [0.1, 0.15) is 6.10 Å². The van der Waals surface area contributed by atoms with Gasteiger partial charge < -0.3 is 15.5 Å². The lowest BCUT2D eigenvalue weighted by Gasteiger charge is -2.24. The number of rotatable bonds is 38. The minimum absolute atomic E-state index is 0.292. The van der Waals surface area contributed by atoms with Crippen LogP contribution in [0.25, 0.3) is 0 Å². The van der Waals surface area contributed by atoms with Crippen LogP contribution in [0.2, 0.25) is 0 Å². The molecule has 0 heterocycles. The number of carbonyl (C=O) groups is 1. The van der Waals surface area contributed by atoms with Gasteiger partial charge in [-0.05, 0) is 38.5 Å². The van der Waals surface area contributed by atoms with Gasteiger partial charge in [-0.2, -0.15) is 8.42 Å². The maximum atomic E-state index is 12.6. The Morgan fingerprint density at radius 2 is 0.857 bits per heavy atom. The van der Waals surface area contributed by atoms with Gasteiger partial charge in [0.15, 0.2) is 0 Å². The van der Waals surface area contributed by atoms with Crippen LogP contribution >= 0.6 is 0 Å². The Bertz CT molecular complexity index is 849. The summed E-state index contributed by atoms with van der Waals surface area (Å²) in [5.41, 5.74) is 0. The van der Waals surface area contributed by atoms with Crippen LogP contribution in [-0.2, 0) is 14.9 Å². The Morgan fingerprint density at radius 1 is 0.531 bits per heavy atom. The van der Waals surface area contributed by atoms with Crippen molar-refractivity contribution in [1.82, 2.24) is 5.32 Å². The standard InChI is InChI=1S/C41H81NO6S/c1-3-5-7-9-11-13-15-17-19-20-21-22-24-25-27-29-31-33-35-39(43)38(37-49(46,47)48)42-41(45)40(44)36-34-32-30-28-26-23-18-16-14-12-10-8-6-4-2/h14,16,38-40,43-44H,3-13,15,17-37H2,1-2H3,(H,42,45)(H,46,47,48)/b16-14-. The van der Waals surface area contributed by atoms with Gasteiger partial charge in [0, 0.05) is 0 Å². The molecule has 7 nitrogen and oxygen atoms in total. The molecule has 0 aliphatic carbocycles. The molecule has 8 heteroatoms. The zero-order valence-electron chi connectivity index (χ0n) is 32.2. The molecule has 0 aliphatic rings. The van der Waals surface area contributed by atoms with E-state index in [2.05, 4.69) is 31.3 Å². The first-order valence-corrected chi connectivity index (χ1v) is 22.6. The third-order valence-corrected chi connectivity index (χ3v) is 10.6. The van der Waals surface area contributed by atoms with Crippen molar-refractivity contribution in [2.24, 2.45) is 0 Å². The van der Waals surface area contributed by atoms with E-state index < -0.39 is 40.0 Å². The molecule has 3 atom stereocenters. The van der Waals surface area contributed by atoms with Gasteiger partial charge in [-0.1, -0.05) is 193 Å². The van der Waals surface area contributed by atoms with Crippen molar-refractivity contribution < 1.29 is 28.0 Å². The lowest BCUT2D eigenvalue weighted by molar-refractivity contribution is -0.131. The molecule has 0 spiro atoms. The number of unbranched alkanes of at least 4 members (excludes halogenated alkanes) is 27. The second kappa shape index (κ2) is 35.4. The number of carbonyl (C=O) groups excluding carboxylic acids is 1. The van der Waals surface area contributed by atoms with Crippen molar-refractivity contribution in [3.05, 3.63) is 12.2 Å². The number of hydrogen-bond donors (Lipinski definition) is 4. The van der Waals surface area contributed by atoms with Crippen LogP contribution in [0.1, 0.15) is 219 Å². The minimum Gasteiger partial charge on any atom is -0.391 e. The fourth-order valence-electron chi connectivity index (χ4n) is 6.57. The highest BCUT2D eigenvalue weighted by molar-refractivity contribution is 7.85. The Hall–Kier alpha value is -0.960. The van der Waals surface area contributed by atoms with E-state index in [9.17, 15) is 28.0 Å². The topological polar surface area (TPSA) is 124 Å². The third-order valence-electron chi connectivity index (χ3n) is 9.83. The Balaban J connectivity index is 3.96. The van der Waals surface area contributed by atoms with E-state index in [1.807, 2.05) is 0 Å². The smallest absolute Gasteiger partial charge is 0.266 e. The largest absolute Gasteiger partial charge is 0.391 e. The summed E-state index contributed by atoms with van der Waals surface area (Å²) in [6, 6.07) is -1.15. The fourth-order valence-corrected chi connectivity index (χ4v) is 7.33. The highest BCUT2D eigenvalue weighted by atomic mass is 32.2. The number of hydrogen-bond acceptors (Lipinski definition) is 5. The van der Waals surface area contributed by atoms with Crippen molar-refractivity contribution in [2.45, 2.75) is 238 Å². The normalized spacial score (nSPS) is 14.0. The summed E-state index contributed by atoms with van der Waals surface area (Å²) in [4.78, 5) is 12.6. The van der Waals surface area contributed by atoms with E-state index in [0.29, 0.717) is 19.3 Å². The van der Waals surface area contributed by atoms with Crippen molar-refractivity contribution in [3.63, 3.8) is 0 Å². The van der Waals surface area contributed by atoms with Crippen molar-refractivity contribution in [3.8, 4) is 0 Å². The number of nitrogens with one attached hydrogen (secondary N) is 1. The number of aliphatic hydroxyl groups excluding tert-OH is 2. The van der Waals surface area contributed by atoms with Gasteiger partial charge in [-0.15, -0.1) is 0 Å².